The highest BCUT2D eigenvalue weighted by molar-refractivity contribution is 6.04. The average molecular weight is 437 g/mol. The summed E-state index contributed by atoms with van der Waals surface area (Å²) in [6.45, 7) is 7.97. The molecule has 1 unspecified atom stereocenters. The van der Waals surface area contributed by atoms with Crippen LogP contribution in [0.3, 0.4) is 0 Å². The summed E-state index contributed by atoms with van der Waals surface area (Å²) in [5.74, 6) is 0.482. The van der Waals surface area contributed by atoms with Gasteiger partial charge in [0.25, 0.3) is 5.91 Å². The van der Waals surface area contributed by atoms with Gasteiger partial charge in [-0.2, -0.15) is 0 Å². The molecular weight excluding hydrogens is 408 g/mol. The Hall–Kier alpha value is -3.49. The number of pyridine rings is 2. The fourth-order valence-electron chi connectivity index (χ4n) is 4.12. The maximum atomic E-state index is 13.3. The lowest BCUT2D eigenvalue weighted by atomic mass is 10.1. The molecule has 0 saturated carbocycles. The number of amides is 3. The van der Waals surface area contributed by atoms with Crippen molar-refractivity contribution in [2.24, 2.45) is 5.92 Å². The van der Waals surface area contributed by atoms with Crippen LogP contribution in [0.5, 0.6) is 0 Å². The summed E-state index contributed by atoms with van der Waals surface area (Å²) in [6, 6.07) is 6.66. The van der Waals surface area contributed by atoms with E-state index in [1.165, 1.54) is 6.20 Å². The van der Waals surface area contributed by atoms with Gasteiger partial charge >= 0.3 is 0 Å². The lowest BCUT2D eigenvalue weighted by Gasteiger charge is -2.40. The molecule has 2 aliphatic heterocycles. The highest BCUT2D eigenvalue weighted by Crippen LogP contribution is 2.30. The molecular formula is C23H28N6O3. The summed E-state index contributed by atoms with van der Waals surface area (Å²) < 4.78 is 0. The van der Waals surface area contributed by atoms with E-state index in [1.54, 1.807) is 29.0 Å². The first-order valence-corrected chi connectivity index (χ1v) is 10.9. The third-order valence-corrected chi connectivity index (χ3v) is 5.75. The third-order valence-electron chi connectivity index (χ3n) is 5.75. The number of piperazine rings is 1. The second-order valence-corrected chi connectivity index (χ2v) is 8.60. The summed E-state index contributed by atoms with van der Waals surface area (Å²) in [7, 11) is 0. The molecule has 1 saturated heterocycles. The molecule has 2 aromatic rings. The number of rotatable bonds is 5. The third kappa shape index (κ3) is 4.28. The predicted octanol–water partition coefficient (Wildman–Crippen LogP) is 1.76. The molecule has 0 radical (unpaired) electrons. The van der Waals surface area contributed by atoms with Crippen molar-refractivity contribution in [3.8, 4) is 0 Å². The van der Waals surface area contributed by atoms with Gasteiger partial charge in [0, 0.05) is 32.0 Å². The monoisotopic (exact) mass is 436 g/mol. The predicted molar refractivity (Wildman–Crippen MR) is 120 cm³/mol. The number of hydrogen-bond donors (Lipinski definition) is 1. The van der Waals surface area contributed by atoms with Crippen LogP contribution in [0.4, 0.5) is 11.5 Å². The van der Waals surface area contributed by atoms with Crippen LogP contribution in [-0.4, -0.2) is 69.7 Å². The fourth-order valence-corrected chi connectivity index (χ4v) is 4.12. The zero-order valence-corrected chi connectivity index (χ0v) is 18.6. The van der Waals surface area contributed by atoms with Gasteiger partial charge in [-0.25, -0.2) is 4.98 Å². The molecule has 1 N–H and O–H groups in total. The van der Waals surface area contributed by atoms with Gasteiger partial charge in [-0.3, -0.25) is 19.4 Å². The van der Waals surface area contributed by atoms with Crippen LogP contribution in [0.1, 0.15) is 36.8 Å². The van der Waals surface area contributed by atoms with E-state index < -0.39 is 6.04 Å². The van der Waals surface area contributed by atoms with Crippen LogP contribution >= 0.6 is 0 Å². The summed E-state index contributed by atoms with van der Waals surface area (Å²) >= 11 is 0. The van der Waals surface area contributed by atoms with E-state index in [1.807, 2.05) is 23.1 Å². The van der Waals surface area contributed by atoms with E-state index in [-0.39, 0.29) is 30.8 Å². The van der Waals surface area contributed by atoms with E-state index >= 15 is 0 Å². The number of nitrogens with zero attached hydrogens (tertiary/aromatic N) is 5. The van der Waals surface area contributed by atoms with E-state index in [2.05, 4.69) is 29.1 Å². The molecule has 32 heavy (non-hydrogen) atoms. The van der Waals surface area contributed by atoms with Crippen LogP contribution in [0.2, 0.25) is 0 Å². The van der Waals surface area contributed by atoms with Gasteiger partial charge < -0.3 is 20.0 Å². The molecule has 3 amide bonds. The standard InChI is InChI=1S/C23H28N6O3/c1-15(2)13-27-8-9-28(16(3)22(27)31)23(32)17-10-19-21(25-11-17)26-12-20(30)29(19)14-18-6-4-5-7-24-18/h4-7,10-11,15-16H,8-9,12-14H2,1-3H3,(H,25,26). The maximum Gasteiger partial charge on any atom is 0.256 e. The van der Waals surface area contributed by atoms with Crippen molar-refractivity contribution in [2.75, 3.05) is 36.4 Å². The summed E-state index contributed by atoms with van der Waals surface area (Å²) in [6.07, 6.45) is 3.18. The maximum absolute atomic E-state index is 13.3. The first-order valence-electron chi connectivity index (χ1n) is 10.9. The number of carbonyl (C=O) groups excluding carboxylic acids is 3. The van der Waals surface area contributed by atoms with Crippen molar-refractivity contribution in [1.29, 1.82) is 0 Å². The minimum absolute atomic E-state index is 0.0437. The topological polar surface area (TPSA) is 98.7 Å². The molecule has 1 fully saturated rings. The number of fused-ring (bicyclic) bond motifs is 1. The number of aromatic nitrogens is 2. The zero-order chi connectivity index (χ0) is 22.8. The highest BCUT2D eigenvalue weighted by Gasteiger charge is 2.35. The quantitative estimate of drug-likeness (QED) is 0.767. The molecule has 0 aliphatic carbocycles. The Bertz CT molecular complexity index is 1030. The lowest BCUT2D eigenvalue weighted by molar-refractivity contribution is -0.140. The van der Waals surface area contributed by atoms with Crippen molar-refractivity contribution in [2.45, 2.75) is 33.4 Å². The first-order chi connectivity index (χ1) is 15.3. The normalized spacial score (nSPS) is 18.6. The molecule has 0 bridgehead atoms. The highest BCUT2D eigenvalue weighted by atomic mass is 16.2. The summed E-state index contributed by atoms with van der Waals surface area (Å²) in [4.78, 5) is 52.4. The van der Waals surface area contributed by atoms with Crippen LogP contribution in [-0.2, 0) is 16.1 Å². The molecule has 2 aliphatic rings. The molecule has 0 spiro atoms. The fraction of sp³-hybridized carbons (Fsp3) is 0.435. The minimum Gasteiger partial charge on any atom is -0.359 e. The Morgan fingerprint density at radius 1 is 1.22 bits per heavy atom. The molecule has 9 nitrogen and oxygen atoms in total. The zero-order valence-electron chi connectivity index (χ0n) is 18.6. The van der Waals surface area contributed by atoms with Gasteiger partial charge in [0.2, 0.25) is 11.8 Å². The smallest absolute Gasteiger partial charge is 0.256 e. The number of nitrogens with one attached hydrogen (secondary N) is 1. The van der Waals surface area contributed by atoms with Gasteiger partial charge in [-0.05, 0) is 31.0 Å². The SMILES string of the molecule is CC(C)CN1CCN(C(=O)c2cnc3c(c2)N(Cc2ccccn2)C(=O)CN3)C(C)C1=O. The van der Waals surface area contributed by atoms with E-state index in [9.17, 15) is 14.4 Å². The molecule has 168 valence electrons. The Balaban J connectivity index is 1.57. The van der Waals surface area contributed by atoms with E-state index in [0.29, 0.717) is 42.6 Å². The van der Waals surface area contributed by atoms with Gasteiger partial charge in [0.15, 0.2) is 5.82 Å². The van der Waals surface area contributed by atoms with Crippen molar-refractivity contribution in [1.82, 2.24) is 19.8 Å². The molecule has 4 rings (SSSR count). The summed E-state index contributed by atoms with van der Waals surface area (Å²) in [5.41, 5.74) is 1.63. The van der Waals surface area contributed by atoms with E-state index in [0.717, 1.165) is 5.69 Å². The molecule has 0 aromatic carbocycles. The van der Waals surface area contributed by atoms with Gasteiger partial charge in [0.05, 0.1) is 30.0 Å². The van der Waals surface area contributed by atoms with Crippen molar-refractivity contribution >= 4 is 29.2 Å². The van der Waals surface area contributed by atoms with Gasteiger partial charge in [-0.15, -0.1) is 0 Å². The Morgan fingerprint density at radius 2 is 2.03 bits per heavy atom. The van der Waals surface area contributed by atoms with Crippen molar-refractivity contribution in [3.63, 3.8) is 0 Å². The van der Waals surface area contributed by atoms with Crippen molar-refractivity contribution < 1.29 is 14.4 Å². The largest absolute Gasteiger partial charge is 0.359 e. The Kier molecular flexibility index (Phi) is 6.07. The lowest BCUT2D eigenvalue weighted by Crippen LogP contribution is -2.58. The van der Waals surface area contributed by atoms with Crippen LogP contribution in [0.25, 0.3) is 0 Å². The number of carbonyl (C=O) groups is 3. The molecule has 1 atom stereocenters. The average Bonchev–Trinajstić information content (AvgIpc) is 2.79. The van der Waals surface area contributed by atoms with E-state index in [4.69, 9.17) is 0 Å². The molecule has 2 aromatic heterocycles. The minimum atomic E-state index is -0.546. The second kappa shape index (κ2) is 8.94. The first kappa shape index (κ1) is 21.7. The Labute approximate surface area is 187 Å². The second-order valence-electron chi connectivity index (χ2n) is 8.60. The van der Waals surface area contributed by atoms with Crippen LogP contribution < -0.4 is 10.2 Å². The Morgan fingerprint density at radius 3 is 2.75 bits per heavy atom. The molecule has 9 heteroatoms. The number of anilines is 2. The van der Waals surface area contributed by atoms with Gasteiger partial charge in [0.1, 0.15) is 6.04 Å². The molecule has 4 heterocycles. The van der Waals surface area contributed by atoms with Crippen molar-refractivity contribution in [3.05, 3.63) is 47.9 Å². The summed E-state index contributed by atoms with van der Waals surface area (Å²) in [5, 5.41) is 3.01. The number of hydrogen-bond acceptors (Lipinski definition) is 6. The van der Waals surface area contributed by atoms with Crippen LogP contribution in [0, 0.1) is 5.92 Å². The van der Waals surface area contributed by atoms with Gasteiger partial charge in [-0.1, -0.05) is 19.9 Å². The van der Waals surface area contributed by atoms with Crippen LogP contribution in [0.15, 0.2) is 36.7 Å².